The van der Waals surface area contributed by atoms with Gasteiger partial charge in [-0.25, -0.2) is 24.5 Å². The molecular weight excluding hydrogens is 723 g/mol. The zero-order valence-corrected chi connectivity index (χ0v) is 31.6. The van der Waals surface area contributed by atoms with Crippen molar-refractivity contribution in [1.29, 1.82) is 0 Å². The van der Waals surface area contributed by atoms with Gasteiger partial charge in [-0.3, -0.25) is 9.59 Å². The molecule has 16 heteroatoms. The number of nitrogens with zero attached hydrogens (tertiary/aromatic N) is 5. The molecule has 2 aliphatic rings. The van der Waals surface area contributed by atoms with Gasteiger partial charge in [-0.05, 0) is 54.9 Å². The molecule has 2 saturated heterocycles. The molecule has 5 heterocycles. The van der Waals surface area contributed by atoms with Gasteiger partial charge >= 0.3 is 12.2 Å². The molecule has 7 rings (SSSR count). The summed E-state index contributed by atoms with van der Waals surface area (Å²) in [5.74, 6) is 1.04. The molecule has 4 amide bonds. The zero-order chi connectivity index (χ0) is 38.5. The third-order valence-corrected chi connectivity index (χ3v) is 10.8. The van der Waals surface area contributed by atoms with Crippen LogP contribution in [0.1, 0.15) is 62.0 Å². The van der Waals surface area contributed by atoms with Crippen LogP contribution >= 0.6 is 11.3 Å². The van der Waals surface area contributed by atoms with Gasteiger partial charge in [-0.15, -0.1) is 11.3 Å². The first-order valence-electron chi connectivity index (χ1n) is 18.2. The minimum atomic E-state index is -0.809. The number of likely N-dealkylation sites (tertiary alicyclic amines) is 2. The summed E-state index contributed by atoms with van der Waals surface area (Å²) in [6.45, 7) is 2.80. The van der Waals surface area contributed by atoms with Crippen LogP contribution in [0.15, 0.2) is 71.8 Å². The third-order valence-electron chi connectivity index (χ3n) is 10.2. The van der Waals surface area contributed by atoms with E-state index in [1.54, 1.807) is 34.6 Å². The lowest BCUT2D eigenvalue weighted by molar-refractivity contribution is -0.135. The SMILES string of the molecule is COC(=O)N[C@@H](C)C(=O)N1CCC[C@H]1c1ncc(-c2ccc(-c3ccc(-c4cnc([C@@H]5CCCN5C(=O)[C@H](Cc5cscn5)NC(=O)OC)[nH]4)cc3)cc2)[nH]1. The predicted molar refractivity (Wildman–Crippen MR) is 205 cm³/mol. The molecule has 0 radical (unpaired) electrons. The topological polar surface area (TPSA) is 188 Å². The lowest BCUT2D eigenvalue weighted by Gasteiger charge is -2.28. The average molecular weight is 766 g/mol. The molecule has 0 aliphatic carbocycles. The maximum Gasteiger partial charge on any atom is 0.407 e. The first-order valence-corrected chi connectivity index (χ1v) is 19.1. The zero-order valence-electron chi connectivity index (χ0n) is 30.8. The first-order chi connectivity index (χ1) is 26.7. The molecule has 4 N–H and O–H groups in total. The fourth-order valence-electron chi connectivity index (χ4n) is 7.31. The van der Waals surface area contributed by atoms with E-state index in [1.807, 2.05) is 29.6 Å². The molecule has 0 spiro atoms. The predicted octanol–water partition coefficient (Wildman–Crippen LogP) is 5.63. The van der Waals surface area contributed by atoms with Crippen molar-refractivity contribution in [2.24, 2.45) is 0 Å². The number of methoxy groups -OCH3 is 2. The maximum atomic E-state index is 13.8. The highest BCUT2D eigenvalue weighted by Crippen LogP contribution is 2.34. The minimum absolute atomic E-state index is 0.176. The molecule has 286 valence electrons. The number of nitrogens with one attached hydrogen (secondary N) is 4. The number of carbonyl (C=O) groups is 4. The Hall–Kier alpha value is -6.03. The standard InChI is InChI=1S/C39H43N9O6S/c1-23(43-38(51)53-2)36(49)47-16-4-6-32(47)34-40-19-30(44-34)26-12-8-24(9-13-26)25-10-14-27(15-11-25)31-20-41-35(45-31)33-7-5-17-48(33)37(50)29(46-39(52)54-3)18-28-21-55-22-42-28/h8-15,19-23,29,32-33H,4-7,16-18H2,1-3H3,(H,40,44)(H,41,45)(H,43,51)(H,46,52)/t23-,29-,32-,33-/m0/s1. The third kappa shape index (κ3) is 8.23. The van der Waals surface area contributed by atoms with Gasteiger partial charge in [0.25, 0.3) is 0 Å². The van der Waals surface area contributed by atoms with Gasteiger partial charge in [0.2, 0.25) is 11.8 Å². The Morgan fingerprint density at radius 3 is 1.73 bits per heavy atom. The van der Waals surface area contributed by atoms with E-state index in [0.29, 0.717) is 24.7 Å². The summed E-state index contributed by atoms with van der Waals surface area (Å²) in [7, 11) is 2.54. The molecule has 0 bridgehead atoms. The lowest BCUT2D eigenvalue weighted by Crippen LogP contribution is -2.49. The fourth-order valence-corrected chi connectivity index (χ4v) is 7.89. The second-order valence-electron chi connectivity index (χ2n) is 13.6. The van der Waals surface area contributed by atoms with Crippen LogP contribution in [-0.2, 0) is 25.5 Å². The molecule has 4 atom stereocenters. The maximum absolute atomic E-state index is 13.8. The Balaban J connectivity index is 0.994. The van der Waals surface area contributed by atoms with Crippen LogP contribution in [0.25, 0.3) is 33.6 Å². The van der Waals surface area contributed by atoms with Crippen molar-refractivity contribution in [2.75, 3.05) is 27.3 Å². The quantitative estimate of drug-likeness (QED) is 0.132. The van der Waals surface area contributed by atoms with Crippen LogP contribution in [0.3, 0.4) is 0 Å². The molecular formula is C39H43N9O6S. The van der Waals surface area contributed by atoms with E-state index in [1.165, 1.54) is 25.6 Å². The van der Waals surface area contributed by atoms with E-state index in [0.717, 1.165) is 65.0 Å². The number of hydrogen-bond acceptors (Lipinski definition) is 10. The number of H-pyrrole nitrogens is 2. The summed E-state index contributed by atoms with van der Waals surface area (Å²) in [5, 5.41) is 7.11. The molecule has 2 aliphatic heterocycles. The number of hydrogen-bond donors (Lipinski definition) is 4. The molecule has 15 nitrogen and oxygen atoms in total. The molecule has 0 unspecified atom stereocenters. The Kier molecular flexibility index (Phi) is 11.2. The fraction of sp³-hybridized carbons (Fsp3) is 0.359. The van der Waals surface area contributed by atoms with Crippen molar-refractivity contribution in [3.8, 4) is 33.6 Å². The van der Waals surface area contributed by atoms with Crippen molar-refractivity contribution < 1.29 is 28.7 Å². The molecule has 3 aromatic heterocycles. The Bertz CT molecular complexity index is 2120. The van der Waals surface area contributed by atoms with Crippen molar-refractivity contribution in [3.63, 3.8) is 0 Å². The number of amides is 4. The van der Waals surface area contributed by atoms with Gasteiger partial charge in [0.1, 0.15) is 23.7 Å². The van der Waals surface area contributed by atoms with Gasteiger partial charge in [-0.1, -0.05) is 48.5 Å². The summed E-state index contributed by atoms with van der Waals surface area (Å²) in [4.78, 5) is 74.6. The monoisotopic (exact) mass is 765 g/mol. The summed E-state index contributed by atoms with van der Waals surface area (Å²) < 4.78 is 9.44. The molecule has 55 heavy (non-hydrogen) atoms. The van der Waals surface area contributed by atoms with Crippen LogP contribution in [0.4, 0.5) is 9.59 Å². The molecule has 2 fully saturated rings. The van der Waals surface area contributed by atoms with Crippen LogP contribution < -0.4 is 10.6 Å². The van der Waals surface area contributed by atoms with Crippen molar-refractivity contribution in [3.05, 3.63) is 89.2 Å². The van der Waals surface area contributed by atoms with E-state index < -0.39 is 24.3 Å². The number of ether oxygens (including phenoxy) is 2. The number of carbonyl (C=O) groups excluding carboxylic acids is 4. The van der Waals surface area contributed by atoms with Crippen molar-refractivity contribution in [1.82, 2.24) is 45.4 Å². The van der Waals surface area contributed by atoms with E-state index in [2.05, 4.69) is 64.6 Å². The van der Waals surface area contributed by atoms with Crippen LogP contribution in [-0.4, -0.2) is 98.1 Å². The number of aromatic nitrogens is 5. The van der Waals surface area contributed by atoms with Gasteiger partial charge in [0, 0.05) is 24.9 Å². The molecule has 5 aromatic rings. The van der Waals surface area contributed by atoms with Crippen LogP contribution in [0.5, 0.6) is 0 Å². The van der Waals surface area contributed by atoms with Gasteiger partial charge in [0.05, 0.1) is 61.3 Å². The van der Waals surface area contributed by atoms with Gasteiger partial charge in [0.15, 0.2) is 0 Å². The van der Waals surface area contributed by atoms with E-state index >= 15 is 0 Å². The van der Waals surface area contributed by atoms with Gasteiger partial charge in [-0.2, -0.15) is 0 Å². The first kappa shape index (κ1) is 37.3. The van der Waals surface area contributed by atoms with E-state index in [-0.39, 0.29) is 30.3 Å². The Morgan fingerprint density at radius 2 is 1.24 bits per heavy atom. The van der Waals surface area contributed by atoms with Gasteiger partial charge < -0.3 is 39.9 Å². The van der Waals surface area contributed by atoms with E-state index in [9.17, 15) is 19.2 Å². The molecule has 2 aromatic carbocycles. The Labute approximate surface area is 321 Å². The summed E-state index contributed by atoms with van der Waals surface area (Å²) in [6.07, 6.45) is 5.74. The number of thiazole rings is 1. The largest absolute Gasteiger partial charge is 0.453 e. The highest BCUT2D eigenvalue weighted by molar-refractivity contribution is 7.07. The molecule has 0 saturated carbocycles. The number of rotatable bonds is 11. The van der Waals surface area contributed by atoms with Crippen molar-refractivity contribution >= 4 is 35.3 Å². The van der Waals surface area contributed by atoms with Crippen LogP contribution in [0, 0.1) is 0 Å². The number of aromatic amines is 2. The summed E-state index contributed by atoms with van der Waals surface area (Å²) in [6, 6.07) is 14.4. The second kappa shape index (κ2) is 16.5. The lowest BCUT2D eigenvalue weighted by atomic mass is 10.0. The normalized spacial score (nSPS) is 17.8. The second-order valence-corrected chi connectivity index (χ2v) is 14.3. The average Bonchev–Trinajstić information content (AvgIpc) is 4.06. The van der Waals surface area contributed by atoms with Crippen LogP contribution in [0.2, 0.25) is 0 Å². The number of imidazole rings is 2. The summed E-state index contributed by atoms with van der Waals surface area (Å²) >= 11 is 1.44. The smallest absolute Gasteiger partial charge is 0.407 e. The number of benzene rings is 2. The van der Waals surface area contributed by atoms with Crippen molar-refractivity contribution in [2.45, 2.75) is 63.2 Å². The highest BCUT2D eigenvalue weighted by atomic mass is 32.1. The number of alkyl carbamates (subject to hydrolysis) is 2. The summed E-state index contributed by atoms with van der Waals surface area (Å²) in [5.41, 5.74) is 8.15. The Morgan fingerprint density at radius 1 is 0.745 bits per heavy atom. The minimum Gasteiger partial charge on any atom is -0.453 e. The highest BCUT2D eigenvalue weighted by Gasteiger charge is 2.37. The van der Waals surface area contributed by atoms with E-state index in [4.69, 9.17) is 4.74 Å².